The molecule has 0 N–H and O–H groups in total. The van der Waals surface area contributed by atoms with Crippen molar-refractivity contribution in [2.24, 2.45) is 5.92 Å². The Balaban J connectivity index is 2.23. The van der Waals surface area contributed by atoms with Crippen molar-refractivity contribution in [1.82, 2.24) is 0 Å². The lowest BCUT2D eigenvalue weighted by atomic mass is 9.86. The van der Waals surface area contributed by atoms with E-state index in [4.69, 9.17) is 4.65 Å². The number of fused-ring (bicyclic) bond motifs is 1. The Morgan fingerprint density at radius 1 is 1.67 bits per heavy atom. The first-order valence-electron chi connectivity index (χ1n) is 3.46. The Hall–Kier alpha value is -0.655. The van der Waals surface area contributed by atoms with Gasteiger partial charge in [0.05, 0.1) is 5.76 Å². The molecule has 1 aliphatic heterocycles. The maximum Gasteiger partial charge on any atom is 0.340 e. The van der Waals surface area contributed by atoms with E-state index in [2.05, 4.69) is 18.2 Å². The molecule has 2 rings (SSSR count). The summed E-state index contributed by atoms with van der Waals surface area (Å²) in [5.74, 6) is 1.92. The maximum absolute atomic E-state index is 5.37. The summed E-state index contributed by atoms with van der Waals surface area (Å²) in [5, 5.41) is 0. The average molecular weight is 120 g/mol. The molecule has 1 heterocycles. The highest BCUT2D eigenvalue weighted by Gasteiger charge is 2.23. The second kappa shape index (κ2) is 1.94. The monoisotopic (exact) mass is 120 g/mol. The van der Waals surface area contributed by atoms with Gasteiger partial charge in [0.1, 0.15) is 0 Å². The fourth-order valence-electron chi connectivity index (χ4n) is 1.40. The molecule has 9 heavy (non-hydrogen) atoms. The summed E-state index contributed by atoms with van der Waals surface area (Å²) in [4.78, 5) is 0. The molecule has 2 aliphatic rings. The third-order valence-electron chi connectivity index (χ3n) is 1.95. The second-order valence-corrected chi connectivity index (χ2v) is 2.57. The average Bonchev–Trinajstić information content (AvgIpc) is 2.33. The summed E-state index contributed by atoms with van der Waals surface area (Å²) in [6.45, 7) is 0. The van der Waals surface area contributed by atoms with E-state index in [0.29, 0.717) is 0 Å². The predicted octanol–water partition coefficient (Wildman–Crippen LogP) is 1.25. The molecule has 1 aliphatic carbocycles. The molecule has 1 unspecified atom stereocenters. The van der Waals surface area contributed by atoms with Crippen molar-refractivity contribution in [3.63, 3.8) is 0 Å². The lowest BCUT2D eigenvalue weighted by molar-refractivity contribution is 0.426. The van der Waals surface area contributed by atoms with Gasteiger partial charge in [0.15, 0.2) is 0 Å². The largest absolute Gasteiger partial charge is 0.567 e. The van der Waals surface area contributed by atoms with Crippen LogP contribution in [0, 0.1) is 5.92 Å². The van der Waals surface area contributed by atoms with Gasteiger partial charge >= 0.3 is 7.48 Å². The highest BCUT2D eigenvalue weighted by atomic mass is 16.4. The first-order chi connectivity index (χ1) is 4.47. The van der Waals surface area contributed by atoms with Crippen LogP contribution in [0.3, 0.4) is 0 Å². The van der Waals surface area contributed by atoms with E-state index >= 15 is 0 Å². The van der Waals surface area contributed by atoms with E-state index in [-0.39, 0.29) is 0 Å². The summed E-state index contributed by atoms with van der Waals surface area (Å²) in [6, 6.07) is 0. The van der Waals surface area contributed by atoms with E-state index in [9.17, 15) is 0 Å². The Morgan fingerprint density at radius 2 is 2.67 bits per heavy atom. The van der Waals surface area contributed by atoms with E-state index in [1.807, 2.05) is 0 Å². The molecule has 1 nitrogen and oxygen atoms in total. The molecule has 2 heteroatoms. The molecular weight excluding hydrogens is 111 g/mol. The van der Waals surface area contributed by atoms with Gasteiger partial charge in [0.25, 0.3) is 0 Å². The molecule has 0 aromatic carbocycles. The number of hydrogen-bond donors (Lipinski definition) is 0. The van der Waals surface area contributed by atoms with E-state index in [1.54, 1.807) is 0 Å². The van der Waals surface area contributed by atoms with Crippen molar-refractivity contribution >= 4 is 7.48 Å². The van der Waals surface area contributed by atoms with Crippen LogP contribution < -0.4 is 0 Å². The summed E-state index contributed by atoms with van der Waals surface area (Å²) < 4.78 is 5.37. The van der Waals surface area contributed by atoms with Gasteiger partial charge < -0.3 is 4.65 Å². The van der Waals surface area contributed by atoms with Crippen LogP contribution in [0.15, 0.2) is 24.0 Å². The zero-order chi connectivity index (χ0) is 6.10. The first-order valence-corrected chi connectivity index (χ1v) is 3.46. The Kier molecular flexibility index (Phi) is 1.11. The number of allylic oxidation sites excluding steroid dienone is 4. The van der Waals surface area contributed by atoms with Crippen molar-refractivity contribution in [3.8, 4) is 0 Å². The van der Waals surface area contributed by atoms with E-state index < -0.39 is 0 Å². The van der Waals surface area contributed by atoms with Crippen molar-refractivity contribution in [1.29, 1.82) is 0 Å². The fourth-order valence-corrected chi connectivity index (χ4v) is 1.40. The molecule has 0 aromatic rings. The standard InChI is InChI=1S/C7H9BO/c1-2-4-7-6(3-1)5-8-9-7/h1-2,4,6,8H,3,5H2. The van der Waals surface area contributed by atoms with Gasteiger partial charge in [-0.05, 0) is 18.8 Å². The molecule has 1 saturated heterocycles. The van der Waals surface area contributed by atoms with Gasteiger partial charge in [-0.2, -0.15) is 0 Å². The van der Waals surface area contributed by atoms with Crippen molar-refractivity contribution in [2.75, 3.05) is 0 Å². The van der Waals surface area contributed by atoms with Gasteiger partial charge in [-0.3, -0.25) is 0 Å². The molecule has 0 amide bonds. The molecule has 0 radical (unpaired) electrons. The third-order valence-corrected chi connectivity index (χ3v) is 1.95. The quantitative estimate of drug-likeness (QED) is 0.437. The molecule has 0 aromatic heterocycles. The highest BCUT2D eigenvalue weighted by Crippen LogP contribution is 2.29. The normalized spacial score (nSPS) is 30.2. The predicted molar refractivity (Wildman–Crippen MR) is 38.4 cm³/mol. The van der Waals surface area contributed by atoms with E-state index in [0.717, 1.165) is 13.4 Å². The summed E-state index contributed by atoms with van der Waals surface area (Å²) >= 11 is 0. The van der Waals surface area contributed by atoms with Gasteiger partial charge in [-0.25, -0.2) is 0 Å². The summed E-state index contributed by atoms with van der Waals surface area (Å²) in [5.41, 5.74) is 0. The molecule has 0 bridgehead atoms. The SMILES string of the molecule is B1CC2CC=CC=C2O1. The van der Waals surface area contributed by atoms with Gasteiger partial charge in [0, 0.05) is 5.92 Å². The van der Waals surface area contributed by atoms with Crippen LogP contribution in [-0.2, 0) is 4.65 Å². The minimum absolute atomic E-state index is 0.718. The minimum atomic E-state index is 0.718. The van der Waals surface area contributed by atoms with Crippen LogP contribution in [0.25, 0.3) is 0 Å². The lowest BCUT2D eigenvalue weighted by Crippen LogP contribution is -1.96. The fraction of sp³-hybridized carbons (Fsp3) is 0.429. The van der Waals surface area contributed by atoms with Gasteiger partial charge in [-0.15, -0.1) is 0 Å². The van der Waals surface area contributed by atoms with Gasteiger partial charge in [-0.1, -0.05) is 12.2 Å². The van der Waals surface area contributed by atoms with Crippen LogP contribution in [0.2, 0.25) is 6.32 Å². The van der Waals surface area contributed by atoms with Crippen LogP contribution >= 0.6 is 0 Å². The van der Waals surface area contributed by atoms with Crippen LogP contribution in [0.1, 0.15) is 6.42 Å². The molecule has 0 saturated carbocycles. The minimum Gasteiger partial charge on any atom is -0.567 e. The van der Waals surface area contributed by atoms with E-state index in [1.165, 1.54) is 18.5 Å². The molecule has 1 atom stereocenters. The first kappa shape index (κ1) is 5.16. The molecule has 0 spiro atoms. The molecular formula is C7H9BO. The lowest BCUT2D eigenvalue weighted by Gasteiger charge is -2.10. The van der Waals surface area contributed by atoms with Gasteiger partial charge in [0.2, 0.25) is 0 Å². The highest BCUT2D eigenvalue weighted by molar-refractivity contribution is 6.29. The maximum atomic E-state index is 5.37. The Morgan fingerprint density at radius 3 is 3.56 bits per heavy atom. The number of rotatable bonds is 0. The van der Waals surface area contributed by atoms with Crippen molar-refractivity contribution in [2.45, 2.75) is 12.7 Å². The Labute approximate surface area is 55.7 Å². The third kappa shape index (κ3) is 0.785. The smallest absolute Gasteiger partial charge is 0.340 e. The zero-order valence-electron chi connectivity index (χ0n) is 5.34. The second-order valence-electron chi connectivity index (χ2n) is 2.57. The van der Waals surface area contributed by atoms with Crippen molar-refractivity contribution in [3.05, 3.63) is 24.0 Å². The topological polar surface area (TPSA) is 9.23 Å². The summed E-state index contributed by atoms with van der Waals surface area (Å²) in [6.07, 6.45) is 8.78. The molecule has 1 fully saturated rings. The molecule has 46 valence electrons. The summed E-state index contributed by atoms with van der Waals surface area (Å²) in [7, 11) is 0.929. The number of hydrogen-bond acceptors (Lipinski definition) is 1. The Bertz CT molecular complexity index is 172. The van der Waals surface area contributed by atoms with Crippen LogP contribution in [0.4, 0.5) is 0 Å². The van der Waals surface area contributed by atoms with Crippen LogP contribution in [0.5, 0.6) is 0 Å². The van der Waals surface area contributed by atoms with Crippen molar-refractivity contribution < 1.29 is 4.65 Å². The van der Waals surface area contributed by atoms with Crippen LogP contribution in [-0.4, -0.2) is 7.48 Å². The zero-order valence-corrected chi connectivity index (χ0v) is 5.34.